The van der Waals surface area contributed by atoms with Crippen LogP contribution in [0.25, 0.3) is 11.0 Å². The van der Waals surface area contributed by atoms with Crippen molar-refractivity contribution in [3.63, 3.8) is 0 Å². The fraction of sp³-hybridized carbons (Fsp3) is 0.333. The molecule has 0 aliphatic carbocycles. The molecule has 4 rings (SSSR count). The molecule has 0 bridgehead atoms. The van der Waals surface area contributed by atoms with Crippen molar-refractivity contribution >= 4 is 40.1 Å². The number of hydrogen-bond acceptors (Lipinski definition) is 7. The van der Waals surface area contributed by atoms with E-state index in [2.05, 4.69) is 21.4 Å². The highest BCUT2D eigenvalue weighted by atomic mass is 35.5. The third-order valence-corrected chi connectivity index (χ3v) is 5.40. The molecule has 2 aromatic heterocycles. The minimum Gasteiger partial charge on any atom is -0.472 e. The number of likely N-dealkylation sites (tertiary alicyclic amines) is 1. The molecule has 1 aliphatic rings. The van der Waals surface area contributed by atoms with Gasteiger partial charge in [0.2, 0.25) is 5.88 Å². The van der Waals surface area contributed by atoms with Gasteiger partial charge in [-0.15, -0.1) is 0 Å². The fourth-order valence-corrected chi connectivity index (χ4v) is 3.72. The van der Waals surface area contributed by atoms with Crippen molar-refractivity contribution in [3.05, 3.63) is 52.9 Å². The van der Waals surface area contributed by atoms with E-state index >= 15 is 0 Å². The number of benzene rings is 1. The van der Waals surface area contributed by atoms with Gasteiger partial charge in [0.15, 0.2) is 5.82 Å². The standard InChI is InChI=1S/C24H23ClFN5O3/c1-24(2,3)34-23(32)31-10-9-15(13-31)33-19-8-7-18-22(30-19)21(14(11-27)12-28-18)29-17-6-4-5-16(25)20(17)26/h4-8,12,15H,9-10,13H2,1-3H3,(H,28,29)/t15-/m0/s1. The number of halogens is 2. The molecule has 1 aliphatic heterocycles. The minimum absolute atomic E-state index is 0.0466. The molecule has 1 fully saturated rings. The Balaban J connectivity index is 1.59. The van der Waals surface area contributed by atoms with E-state index in [9.17, 15) is 14.4 Å². The summed E-state index contributed by atoms with van der Waals surface area (Å²) >= 11 is 5.90. The summed E-state index contributed by atoms with van der Waals surface area (Å²) in [5.41, 5.74) is 0.853. The van der Waals surface area contributed by atoms with Crippen molar-refractivity contribution < 1.29 is 18.7 Å². The lowest BCUT2D eigenvalue weighted by molar-refractivity contribution is 0.0275. The molecule has 0 unspecified atom stereocenters. The van der Waals surface area contributed by atoms with Gasteiger partial charge in [-0.3, -0.25) is 4.98 Å². The maximum Gasteiger partial charge on any atom is 0.410 e. The largest absolute Gasteiger partial charge is 0.472 e. The summed E-state index contributed by atoms with van der Waals surface area (Å²) in [5.74, 6) is -0.339. The highest BCUT2D eigenvalue weighted by Gasteiger charge is 2.31. The average Bonchev–Trinajstić information content (AvgIpc) is 3.25. The number of fused-ring (bicyclic) bond motifs is 1. The van der Waals surface area contributed by atoms with E-state index in [-0.39, 0.29) is 28.5 Å². The molecule has 3 heterocycles. The van der Waals surface area contributed by atoms with Crippen molar-refractivity contribution in [2.45, 2.75) is 38.9 Å². The van der Waals surface area contributed by atoms with Crippen LogP contribution in [-0.4, -0.2) is 45.8 Å². The summed E-state index contributed by atoms with van der Waals surface area (Å²) < 4.78 is 25.9. The molecule has 1 atom stereocenters. The lowest BCUT2D eigenvalue weighted by Gasteiger charge is -2.24. The van der Waals surface area contributed by atoms with Crippen LogP contribution in [-0.2, 0) is 4.74 Å². The van der Waals surface area contributed by atoms with Crippen LogP contribution in [0.2, 0.25) is 5.02 Å². The Hall–Kier alpha value is -3.64. The number of nitrogens with one attached hydrogen (secondary N) is 1. The van der Waals surface area contributed by atoms with Crippen molar-refractivity contribution in [2.24, 2.45) is 0 Å². The van der Waals surface area contributed by atoms with E-state index in [1.807, 2.05) is 20.8 Å². The number of nitriles is 1. The molecule has 176 valence electrons. The Morgan fingerprint density at radius 3 is 2.85 bits per heavy atom. The minimum atomic E-state index is -0.640. The summed E-state index contributed by atoms with van der Waals surface area (Å²) in [5, 5.41) is 12.5. The van der Waals surface area contributed by atoms with Crippen LogP contribution in [0, 0.1) is 17.1 Å². The van der Waals surface area contributed by atoms with Crippen molar-refractivity contribution in [2.75, 3.05) is 18.4 Å². The van der Waals surface area contributed by atoms with E-state index in [0.29, 0.717) is 42.1 Å². The van der Waals surface area contributed by atoms with Crippen molar-refractivity contribution in [1.82, 2.24) is 14.9 Å². The van der Waals surface area contributed by atoms with E-state index in [1.54, 1.807) is 23.1 Å². The third-order valence-electron chi connectivity index (χ3n) is 5.10. The number of ether oxygens (including phenoxy) is 2. The number of carbonyl (C=O) groups is 1. The van der Waals surface area contributed by atoms with Gasteiger partial charge in [0, 0.05) is 25.2 Å². The third kappa shape index (κ3) is 5.13. The first-order valence-electron chi connectivity index (χ1n) is 10.7. The number of aromatic nitrogens is 2. The lowest BCUT2D eigenvalue weighted by atomic mass is 10.2. The monoisotopic (exact) mass is 483 g/mol. The Bertz CT molecular complexity index is 1290. The zero-order valence-corrected chi connectivity index (χ0v) is 19.7. The number of anilines is 2. The van der Waals surface area contributed by atoms with Crippen LogP contribution in [0.4, 0.5) is 20.6 Å². The van der Waals surface area contributed by atoms with Gasteiger partial charge in [0.25, 0.3) is 0 Å². The van der Waals surface area contributed by atoms with Crippen LogP contribution in [0.5, 0.6) is 5.88 Å². The second-order valence-electron chi connectivity index (χ2n) is 8.86. The summed E-state index contributed by atoms with van der Waals surface area (Å²) in [6.07, 6.45) is 1.36. The second-order valence-corrected chi connectivity index (χ2v) is 9.26. The number of hydrogen-bond donors (Lipinski definition) is 1. The van der Waals surface area contributed by atoms with Crippen LogP contribution in [0.3, 0.4) is 0 Å². The number of pyridine rings is 2. The smallest absolute Gasteiger partial charge is 0.410 e. The first-order valence-corrected chi connectivity index (χ1v) is 11.1. The molecule has 1 N–H and O–H groups in total. The van der Waals surface area contributed by atoms with Crippen LogP contribution in [0.1, 0.15) is 32.8 Å². The first-order chi connectivity index (χ1) is 16.1. The molecule has 1 saturated heterocycles. The number of rotatable bonds is 4. The molecule has 1 aromatic carbocycles. The maximum atomic E-state index is 14.5. The van der Waals surface area contributed by atoms with Crippen molar-refractivity contribution in [1.29, 1.82) is 5.26 Å². The van der Waals surface area contributed by atoms with Gasteiger partial charge in [-0.05, 0) is 39.0 Å². The molecule has 0 radical (unpaired) electrons. The lowest BCUT2D eigenvalue weighted by Crippen LogP contribution is -2.36. The Kier molecular flexibility index (Phi) is 6.44. The SMILES string of the molecule is CC(C)(C)OC(=O)N1CC[C@H](Oc2ccc3ncc(C#N)c(Nc4cccc(Cl)c4F)c3n2)C1. The average molecular weight is 484 g/mol. The number of carbonyl (C=O) groups excluding carboxylic acids is 1. The van der Waals surface area contributed by atoms with E-state index < -0.39 is 11.4 Å². The summed E-state index contributed by atoms with van der Waals surface area (Å²) in [7, 11) is 0. The van der Waals surface area contributed by atoms with Gasteiger partial charge in [-0.25, -0.2) is 14.2 Å². The number of amides is 1. The van der Waals surface area contributed by atoms with E-state index in [4.69, 9.17) is 21.1 Å². The summed E-state index contributed by atoms with van der Waals surface area (Å²) in [6.45, 7) is 6.33. The zero-order chi connectivity index (χ0) is 24.5. The zero-order valence-electron chi connectivity index (χ0n) is 18.9. The van der Waals surface area contributed by atoms with Gasteiger partial charge in [-0.1, -0.05) is 17.7 Å². The molecule has 10 heteroatoms. The predicted molar refractivity (Wildman–Crippen MR) is 126 cm³/mol. The molecule has 3 aromatic rings. The van der Waals surface area contributed by atoms with Gasteiger partial charge in [0.05, 0.1) is 34.0 Å². The van der Waals surface area contributed by atoms with Crippen LogP contribution in [0.15, 0.2) is 36.5 Å². The molecular weight excluding hydrogens is 461 g/mol. The Morgan fingerprint density at radius 2 is 2.12 bits per heavy atom. The van der Waals surface area contributed by atoms with Crippen molar-refractivity contribution in [3.8, 4) is 11.9 Å². The molecule has 34 heavy (non-hydrogen) atoms. The molecule has 1 amide bonds. The van der Waals surface area contributed by atoms with Crippen LogP contribution >= 0.6 is 11.6 Å². The predicted octanol–water partition coefficient (Wildman–Crippen LogP) is 5.43. The molecule has 0 spiro atoms. The molecular formula is C24H23ClFN5O3. The molecule has 0 saturated carbocycles. The maximum absolute atomic E-state index is 14.5. The summed E-state index contributed by atoms with van der Waals surface area (Å²) in [6, 6.07) is 9.97. The van der Waals surface area contributed by atoms with Crippen LogP contribution < -0.4 is 10.1 Å². The molecule has 8 nitrogen and oxygen atoms in total. The topological polar surface area (TPSA) is 100 Å². The Labute approximate surface area is 201 Å². The fourth-order valence-electron chi connectivity index (χ4n) is 3.55. The Morgan fingerprint density at radius 1 is 1.32 bits per heavy atom. The normalized spacial score (nSPS) is 15.8. The van der Waals surface area contributed by atoms with E-state index in [0.717, 1.165) is 0 Å². The van der Waals surface area contributed by atoms with Gasteiger partial charge < -0.3 is 19.7 Å². The highest BCUT2D eigenvalue weighted by Crippen LogP contribution is 2.32. The highest BCUT2D eigenvalue weighted by molar-refractivity contribution is 6.31. The van der Waals surface area contributed by atoms with Gasteiger partial charge in [-0.2, -0.15) is 5.26 Å². The summed E-state index contributed by atoms with van der Waals surface area (Å²) in [4.78, 5) is 22.7. The number of nitrogens with zero attached hydrogens (tertiary/aromatic N) is 4. The van der Waals surface area contributed by atoms with Gasteiger partial charge in [0.1, 0.15) is 23.3 Å². The first kappa shape index (κ1) is 23.5. The van der Waals surface area contributed by atoms with E-state index in [1.165, 1.54) is 18.3 Å². The second kappa shape index (κ2) is 9.31. The van der Waals surface area contributed by atoms with Gasteiger partial charge >= 0.3 is 6.09 Å². The quantitative estimate of drug-likeness (QED) is 0.528.